The fraction of sp³-hybridized carbons (Fsp3) is 0.400. The number of ether oxygens (including phenoxy) is 3. The molecule has 1 aromatic heterocycles. The van der Waals surface area contributed by atoms with Crippen LogP contribution in [0.1, 0.15) is 42.3 Å². The highest BCUT2D eigenvalue weighted by Gasteiger charge is 2.31. The summed E-state index contributed by atoms with van der Waals surface area (Å²) in [7, 11) is 0. The van der Waals surface area contributed by atoms with Crippen molar-refractivity contribution in [1.29, 1.82) is 5.41 Å². The van der Waals surface area contributed by atoms with Crippen LogP contribution in [0.5, 0.6) is 17.2 Å². The fourth-order valence-corrected chi connectivity index (χ4v) is 4.45. The molecule has 0 spiro atoms. The SMILES string of the molecule is Cc1cc(-c2noc([C@@H]3CCCN3C(=N)N)n2)ccc1OCCCc1ccc2c(c1)OCCO2. The van der Waals surface area contributed by atoms with Crippen LogP contribution in [0.4, 0.5) is 0 Å². The lowest BCUT2D eigenvalue weighted by Crippen LogP contribution is -2.35. The predicted octanol–water partition coefficient (Wildman–Crippen LogP) is 3.86. The van der Waals surface area contributed by atoms with Crippen LogP contribution >= 0.6 is 0 Å². The average molecular weight is 464 g/mol. The number of aromatic nitrogens is 2. The number of likely N-dealkylation sites (tertiary alicyclic amines) is 1. The first-order chi connectivity index (χ1) is 16.6. The highest BCUT2D eigenvalue weighted by atomic mass is 16.6. The zero-order valence-electron chi connectivity index (χ0n) is 19.3. The van der Waals surface area contributed by atoms with E-state index in [0.29, 0.717) is 31.5 Å². The smallest absolute Gasteiger partial charge is 0.249 e. The van der Waals surface area contributed by atoms with Crippen molar-refractivity contribution in [2.75, 3.05) is 26.4 Å². The molecule has 9 heteroatoms. The van der Waals surface area contributed by atoms with Crippen molar-refractivity contribution >= 4 is 5.96 Å². The summed E-state index contributed by atoms with van der Waals surface area (Å²) in [5, 5.41) is 11.9. The average Bonchev–Trinajstić information content (AvgIpc) is 3.52. The molecular formula is C25H29N5O4. The molecule has 1 saturated heterocycles. The van der Waals surface area contributed by atoms with Gasteiger partial charge in [-0.15, -0.1) is 0 Å². The first kappa shape index (κ1) is 22.1. The van der Waals surface area contributed by atoms with Crippen molar-refractivity contribution in [3.63, 3.8) is 0 Å². The maximum atomic E-state index is 7.74. The lowest BCUT2D eigenvalue weighted by atomic mass is 10.1. The van der Waals surface area contributed by atoms with E-state index in [2.05, 4.69) is 22.3 Å². The van der Waals surface area contributed by atoms with Crippen LogP contribution in [0, 0.1) is 12.3 Å². The van der Waals surface area contributed by atoms with E-state index in [1.165, 1.54) is 5.56 Å². The summed E-state index contributed by atoms with van der Waals surface area (Å²) in [5.74, 6) is 3.54. The summed E-state index contributed by atoms with van der Waals surface area (Å²) in [6, 6.07) is 11.9. The molecule has 0 unspecified atom stereocenters. The lowest BCUT2D eigenvalue weighted by molar-refractivity contribution is 0.171. The lowest BCUT2D eigenvalue weighted by Gasteiger charge is -2.21. The van der Waals surface area contributed by atoms with Gasteiger partial charge in [0.1, 0.15) is 25.0 Å². The molecule has 5 rings (SSSR count). The zero-order valence-corrected chi connectivity index (χ0v) is 19.3. The van der Waals surface area contributed by atoms with Gasteiger partial charge < -0.3 is 29.4 Å². The third-order valence-electron chi connectivity index (χ3n) is 6.20. The summed E-state index contributed by atoms with van der Waals surface area (Å²) < 4.78 is 22.8. The molecule has 0 amide bonds. The number of rotatable bonds is 7. The Hall–Kier alpha value is -3.75. The number of hydrogen-bond donors (Lipinski definition) is 2. The van der Waals surface area contributed by atoms with E-state index in [1.54, 1.807) is 4.90 Å². The van der Waals surface area contributed by atoms with Crippen molar-refractivity contribution in [2.24, 2.45) is 5.73 Å². The second-order valence-corrected chi connectivity index (χ2v) is 8.60. The monoisotopic (exact) mass is 463 g/mol. The third-order valence-corrected chi connectivity index (χ3v) is 6.20. The summed E-state index contributed by atoms with van der Waals surface area (Å²) >= 11 is 0. The van der Waals surface area contributed by atoms with E-state index in [9.17, 15) is 0 Å². The Morgan fingerprint density at radius 3 is 2.85 bits per heavy atom. The Labute approximate surface area is 198 Å². The molecule has 1 fully saturated rings. The van der Waals surface area contributed by atoms with Gasteiger partial charge in [-0.2, -0.15) is 4.98 Å². The van der Waals surface area contributed by atoms with Crippen LogP contribution in [0.25, 0.3) is 11.4 Å². The number of guanidine groups is 1. The molecule has 2 aliphatic rings. The Bertz CT molecular complexity index is 1180. The summed E-state index contributed by atoms with van der Waals surface area (Å²) in [5.41, 5.74) is 8.76. The minimum Gasteiger partial charge on any atom is -0.493 e. The van der Waals surface area contributed by atoms with Gasteiger partial charge in [-0.25, -0.2) is 0 Å². The van der Waals surface area contributed by atoms with Gasteiger partial charge in [0.25, 0.3) is 0 Å². The van der Waals surface area contributed by atoms with Gasteiger partial charge in [-0.3, -0.25) is 5.41 Å². The van der Waals surface area contributed by atoms with Gasteiger partial charge in [0, 0.05) is 12.1 Å². The first-order valence-corrected chi connectivity index (χ1v) is 11.6. The molecule has 9 nitrogen and oxygen atoms in total. The Morgan fingerprint density at radius 2 is 2.03 bits per heavy atom. The number of hydrogen-bond acceptors (Lipinski definition) is 7. The van der Waals surface area contributed by atoms with Crippen LogP contribution < -0.4 is 19.9 Å². The van der Waals surface area contributed by atoms with Crippen LogP contribution in [-0.4, -0.2) is 47.4 Å². The van der Waals surface area contributed by atoms with Crippen molar-refractivity contribution in [3.8, 4) is 28.6 Å². The van der Waals surface area contributed by atoms with Crippen LogP contribution in [0.15, 0.2) is 40.9 Å². The normalized spacial score (nSPS) is 17.1. The topological polar surface area (TPSA) is 120 Å². The fourth-order valence-electron chi connectivity index (χ4n) is 4.45. The standard InChI is InChI=1S/C25H29N5O4/c1-16-14-18(23-28-24(34-29-23)19-5-2-10-30(19)25(26)27)7-9-20(16)31-11-3-4-17-6-8-21-22(15-17)33-13-12-32-21/h6-9,14-15,19H,2-5,10-13H2,1H3,(H3,26,27)/t19-/m0/s1. The highest BCUT2D eigenvalue weighted by molar-refractivity contribution is 5.75. The summed E-state index contributed by atoms with van der Waals surface area (Å²) in [6.45, 7) is 4.55. The van der Waals surface area contributed by atoms with Gasteiger partial charge in [0.2, 0.25) is 11.7 Å². The minimum atomic E-state index is -0.128. The van der Waals surface area contributed by atoms with Gasteiger partial charge in [-0.1, -0.05) is 11.2 Å². The second kappa shape index (κ2) is 9.62. The maximum Gasteiger partial charge on any atom is 0.249 e. The van der Waals surface area contributed by atoms with E-state index in [0.717, 1.165) is 60.6 Å². The van der Waals surface area contributed by atoms with Crippen molar-refractivity contribution in [1.82, 2.24) is 15.0 Å². The maximum absolute atomic E-state index is 7.74. The molecule has 3 N–H and O–H groups in total. The molecule has 3 aromatic rings. The largest absolute Gasteiger partial charge is 0.493 e. The molecule has 0 saturated carbocycles. The van der Waals surface area contributed by atoms with E-state index in [1.807, 2.05) is 31.2 Å². The molecule has 0 bridgehead atoms. The zero-order chi connectivity index (χ0) is 23.5. The molecule has 0 aliphatic carbocycles. The summed E-state index contributed by atoms with van der Waals surface area (Å²) in [4.78, 5) is 6.37. The number of aryl methyl sites for hydroxylation is 2. The molecule has 178 valence electrons. The second-order valence-electron chi connectivity index (χ2n) is 8.60. The molecule has 0 radical (unpaired) electrons. The molecule has 3 heterocycles. The highest BCUT2D eigenvalue weighted by Crippen LogP contribution is 2.33. The van der Waals surface area contributed by atoms with Gasteiger partial charge >= 0.3 is 0 Å². The van der Waals surface area contributed by atoms with E-state index in [-0.39, 0.29) is 12.0 Å². The Kier molecular flexibility index (Phi) is 6.24. The minimum absolute atomic E-state index is 0.0357. The Morgan fingerprint density at radius 1 is 1.18 bits per heavy atom. The quantitative estimate of drug-likeness (QED) is 0.308. The molecular weight excluding hydrogens is 434 g/mol. The van der Waals surface area contributed by atoms with Crippen LogP contribution in [0.3, 0.4) is 0 Å². The molecule has 34 heavy (non-hydrogen) atoms. The van der Waals surface area contributed by atoms with Crippen molar-refractivity contribution in [3.05, 3.63) is 53.4 Å². The van der Waals surface area contributed by atoms with Crippen molar-refractivity contribution < 1.29 is 18.7 Å². The third kappa shape index (κ3) is 4.64. The number of benzene rings is 2. The van der Waals surface area contributed by atoms with Gasteiger partial charge in [0.15, 0.2) is 17.5 Å². The Balaban J connectivity index is 1.17. The van der Waals surface area contributed by atoms with E-state index in [4.69, 9.17) is 29.9 Å². The molecule has 2 aliphatic heterocycles. The molecule has 1 atom stereocenters. The van der Waals surface area contributed by atoms with Crippen LogP contribution in [0.2, 0.25) is 0 Å². The van der Waals surface area contributed by atoms with E-state index >= 15 is 0 Å². The molecule has 2 aromatic carbocycles. The van der Waals surface area contributed by atoms with Gasteiger partial charge in [-0.05, 0) is 74.1 Å². The number of fused-ring (bicyclic) bond motifs is 1. The van der Waals surface area contributed by atoms with E-state index < -0.39 is 0 Å². The van der Waals surface area contributed by atoms with Gasteiger partial charge in [0.05, 0.1) is 6.61 Å². The first-order valence-electron chi connectivity index (χ1n) is 11.6. The predicted molar refractivity (Wildman–Crippen MR) is 126 cm³/mol. The number of nitrogens with one attached hydrogen (secondary N) is 1. The summed E-state index contributed by atoms with van der Waals surface area (Å²) in [6.07, 6.45) is 3.59. The number of nitrogens with two attached hydrogens (primary N) is 1. The number of nitrogens with zero attached hydrogens (tertiary/aromatic N) is 3. The van der Waals surface area contributed by atoms with Crippen LogP contribution in [-0.2, 0) is 6.42 Å². The van der Waals surface area contributed by atoms with Crippen molar-refractivity contribution in [2.45, 2.75) is 38.6 Å².